The third-order valence-corrected chi connectivity index (χ3v) is 6.35. The molecule has 0 bridgehead atoms. The second kappa shape index (κ2) is 6.43. The molecule has 1 atom stereocenters. The van der Waals surface area contributed by atoms with Gasteiger partial charge in [-0.15, -0.1) is 0 Å². The molecule has 1 unspecified atom stereocenters. The number of sulfonamides is 1. The molecular formula is C13H19FN2O2S2. The summed E-state index contributed by atoms with van der Waals surface area (Å²) in [6, 6.07) is 2.73. The van der Waals surface area contributed by atoms with Crippen LogP contribution >= 0.6 is 11.8 Å². The molecule has 1 heterocycles. The van der Waals surface area contributed by atoms with Gasteiger partial charge in [-0.3, -0.25) is 0 Å². The van der Waals surface area contributed by atoms with Crippen molar-refractivity contribution in [1.29, 1.82) is 0 Å². The molecule has 2 rings (SSSR count). The van der Waals surface area contributed by atoms with Crippen LogP contribution in [0.2, 0.25) is 0 Å². The van der Waals surface area contributed by atoms with Gasteiger partial charge < -0.3 is 5.73 Å². The van der Waals surface area contributed by atoms with Gasteiger partial charge >= 0.3 is 0 Å². The van der Waals surface area contributed by atoms with E-state index in [0.29, 0.717) is 17.4 Å². The van der Waals surface area contributed by atoms with E-state index >= 15 is 0 Å². The van der Waals surface area contributed by atoms with Crippen LogP contribution in [0.1, 0.15) is 24.0 Å². The average molecular weight is 318 g/mol. The Morgan fingerprint density at radius 3 is 2.85 bits per heavy atom. The molecule has 1 saturated heterocycles. The third kappa shape index (κ3) is 3.52. The lowest BCUT2D eigenvalue weighted by Crippen LogP contribution is -2.30. The van der Waals surface area contributed by atoms with Gasteiger partial charge in [0, 0.05) is 23.9 Å². The molecule has 1 aliphatic rings. The molecule has 1 aliphatic heterocycles. The Bertz CT molecular complexity index is 584. The van der Waals surface area contributed by atoms with Gasteiger partial charge in [-0.25, -0.2) is 17.5 Å². The molecule has 0 radical (unpaired) electrons. The van der Waals surface area contributed by atoms with Gasteiger partial charge in [0.15, 0.2) is 0 Å². The molecule has 7 heteroatoms. The number of nitrogens with two attached hydrogens (primary N) is 1. The number of halogens is 1. The normalized spacial score (nSPS) is 19.4. The number of hydrogen-bond donors (Lipinski definition) is 2. The molecule has 0 spiro atoms. The Labute approximate surface area is 123 Å². The summed E-state index contributed by atoms with van der Waals surface area (Å²) in [6.45, 7) is 1.97. The molecule has 0 saturated carbocycles. The van der Waals surface area contributed by atoms with Crippen molar-refractivity contribution in [2.75, 3.05) is 12.3 Å². The standard InChI is InChI=1S/C13H19FN2O2S2/c1-9-12(14)5-10(7-15)6-13(9)20(17,18)16-8-11-3-2-4-19-11/h5-6,11,16H,2-4,7-8,15H2,1H3. The Hall–Kier alpha value is -0.630. The molecule has 0 aliphatic carbocycles. The van der Waals surface area contributed by atoms with Crippen LogP contribution < -0.4 is 10.5 Å². The van der Waals surface area contributed by atoms with Crippen molar-refractivity contribution in [1.82, 2.24) is 4.72 Å². The highest BCUT2D eigenvalue weighted by molar-refractivity contribution is 8.00. The average Bonchev–Trinajstić information content (AvgIpc) is 2.92. The molecule has 0 amide bonds. The van der Waals surface area contributed by atoms with Crippen molar-refractivity contribution >= 4 is 21.8 Å². The van der Waals surface area contributed by atoms with Crippen molar-refractivity contribution in [3.8, 4) is 0 Å². The zero-order valence-electron chi connectivity index (χ0n) is 11.4. The zero-order chi connectivity index (χ0) is 14.8. The first-order valence-electron chi connectivity index (χ1n) is 6.54. The van der Waals surface area contributed by atoms with Gasteiger partial charge in [0.2, 0.25) is 10.0 Å². The molecule has 3 N–H and O–H groups in total. The number of thioether (sulfide) groups is 1. The van der Waals surface area contributed by atoms with E-state index in [-0.39, 0.29) is 17.0 Å². The minimum Gasteiger partial charge on any atom is -0.326 e. The first-order chi connectivity index (χ1) is 9.44. The molecule has 1 aromatic carbocycles. The zero-order valence-corrected chi connectivity index (χ0v) is 13.0. The number of rotatable bonds is 5. The van der Waals surface area contributed by atoms with Gasteiger partial charge in [-0.05, 0) is 43.2 Å². The van der Waals surface area contributed by atoms with E-state index in [0.717, 1.165) is 18.6 Å². The minimum atomic E-state index is -3.69. The number of nitrogens with one attached hydrogen (secondary N) is 1. The second-order valence-corrected chi connectivity index (χ2v) is 8.04. The lowest BCUT2D eigenvalue weighted by atomic mass is 10.1. The molecule has 1 aromatic rings. The van der Waals surface area contributed by atoms with Gasteiger partial charge in [-0.1, -0.05) is 0 Å². The maximum atomic E-state index is 13.7. The van der Waals surface area contributed by atoms with E-state index in [1.54, 1.807) is 11.8 Å². The Kier molecular flexibility index (Phi) is 5.06. The summed E-state index contributed by atoms with van der Waals surface area (Å²) >= 11 is 1.77. The quantitative estimate of drug-likeness (QED) is 0.868. The van der Waals surface area contributed by atoms with Crippen LogP contribution in [0.5, 0.6) is 0 Å². The van der Waals surface area contributed by atoms with Crippen LogP contribution in [-0.4, -0.2) is 26.0 Å². The molecule has 1 fully saturated rings. The Morgan fingerprint density at radius 2 is 2.25 bits per heavy atom. The van der Waals surface area contributed by atoms with Crippen LogP contribution in [0.4, 0.5) is 4.39 Å². The fraction of sp³-hybridized carbons (Fsp3) is 0.538. The highest BCUT2D eigenvalue weighted by Gasteiger charge is 2.23. The van der Waals surface area contributed by atoms with Crippen molar-refractivity contribution in [3.63, 3.8) is 0 Å². The smallest absolute Gasteiger partial charge is 0.240 e. The van der Waals surface area contributed by atoms with E-state index < -0.39 is 15.8 Å². The largest absolute Gasteiger partial charge is 0.326 e. The predicted molar refractivity (Wildman–Crippen MR) is 79.7 cm³/mol. The molecular weight excluding hydrogens is 299 g/mol. The predicted octanol–water partition coefficient (Wildman–Crippen LogP) is 1.77. The van der Waals surface area contributed by atoms with Crippen LogP contribution in [-0.2, 0) is 16.6 Å². The van der Waals surface area contributed by atoms with E-state index in [2.05, 4.69) is 4.72 Å². The van der Waals surface area contributed by atoms with Gasteiger partial charge in [0.25, 0.3) is 0 Å². The maximum absolute atomic E-state index is 13.7. The third-order valence-electron chi connectivity index (χ3n) is 3.41. The molecule has 20 heavy (non-hydrogen) atoms. The fourth-order valence-corrected chi connectivity index (χ4v) is 4.88. The van der Waals surface area contributed by atoms with Crippen molar-refractivity contribution in [2.45, 2.75) is 36.5 Å². The van der Waals surface area contributed by atoms with Gasteiger partial charge in [0.1, 0.15) is 5.82 Å². The first-order valence-corrected chi connectivity index (χ1v) is 9.07. The SMILES string of the molecule is Cc1c(F)cc(CN)cc1S(=O)(=O)NCC1CCCS1. The van der Waals surface area contributed by atoms with Gasteiger partial charge in [-0.2, -0.15) is 11.8 Å². The minimum absolute atomic E-state index is 0.0130. The Morgan fingerprint density at radius 1 is 1.50 bits per heavy atom. The van der Waals surface area contributed by atoms with Crippen molar-refractivity contribution < 1.29 is 12.8 Å². The topological polar surface area (TPSA) is 72.2 Å². The monoisotopic (exact) mass is 318 g/mol. The summed E-state index contributed by atoms with van der Waals surface area (Å²) in [6.07, 6.45) is 2.14. The van der Waals surface area contributed by atoms with E-state index in [9.17, 15) is 12.8 Å². The van der Waals surface area contributed by atoms with E-state index in [4.69, 9.17) is 5.73 Å². The highest BCUT2D eigenvalue weighted by Crippen LogP contribution is 2.26. The van der Waals surface area contributed by atoms with Crippen LogP contribution in [0, 0.1) is 12.7 Å². The molecule has 4 nitrogen and oxygen atoms in total. The fourth-order valence-electron chi connectivity index (χ4n) is 2.19. The summed E-state index contributed by atoms with van der Waals surface area (Å²) in [7, 11) is -3.69. The summed E-state index contributed by atoms with van der Waals surface area (Å²) in [5.74, 6) is 0.534. The van der Waals surface area contributed by atoms with Crippen molar-refractivity contribution in [3.05, 3.63) is 29.1 Å². The van der Waals surface area contributed by atoms with Crippen LogP contribution in [0.15, 0.2) is 17.0 Å². The number of hydrogen-bond acceptors (Lipinski definition) is 4. The number of benzene rings is 1. The second-order valence-electron chi connectivity index (χ2n) is 4.89. The molecule has 112 valence electrons. The first kappa shape index (κ1) is 15.8. The maximum Gasteiger partial charge on any atom is 0.240 e. The lowest BCUT2D eigenvalue weighted by Gasteiger charge is -2.14. The van der Waals surface area contributed by atoms with E-state index in [1.807, 2.05) is 0 Å². The van der Waals surface area contributed by atoms with E-state index in [1.165, 1.54) is 19.1 Å². The summed E-state index contributed by atoms with van der Waals surface area (Å²) < 4.78 is 40.9. The summed E-state index contributed by atoms with van der Waals surface area (Å²) in [5.41, 5.74) is 6.08. The Balaban J connectivity index is 2.21. The van der Waals surface area contributed by atoms with Crippen LogP contribution in [0.25, 0.3) is 0 Å². The van der Waals surface area contributed by atoms with Crippen molar-refractivity contribution in [2.24, 2.45) is 5.73 Å². The van der Waals surface area contributed by atoms with Crippen LogP contribution in [0.3, 0.4) is 0 Å². The summed E-state index contributed by atoms with van der Waals surface area (Å²) in [5, 5.41) is 0.313. The van der Waals surface area contributed by atoms with Gasteiger partial charge in [0.05, 0.1) is 4.90 Å². The summed E-state index contributed by atoms with van der Waals surface area (Å²) in [4.78, 5) is -0.0130. The molecule has 0 aromatic heterocycles. The highest BCUT2D eigenvalue weighted by atomic mass is 32.2. The lowest BCUT2D eigenvalue weighted by molar-refractivity contribution is 0.571.